The average Bonchev–Trinajstić information content (AvgIpc) is 3.06. The maximum absolute atomic E-state index is 6.01. The Morgan fingerprint density at radius 2 is 1.76 bits per heavy atom. The summed E-state index contributed by atoms with van der Waals surface area (Å²) < 4.78 is 0. The molecule has 5 heterocycles. The Balaban J connectivity index is 1.36. The first kappa shape index (κ1) is 15.0. The molecule has 6 nitrogen and oxygen atoms in total. The molecule has 0 saturated carbocycles. The lowest BCUT2D eigenvalue weighted by Crippen LogP contribution is -2.53. The Bertz CT molecular complexity index is 758. The van der Waals surface area contributed by atoms with E-state index in [1.807, 2.05) is 0 Å². The van der Waals surface area contributed by atoms with E-state index in [0.717, 1.165) is 37.2 Å². The predicted octanol–water partition coefficient (Wildman–Crippen LogP) is 2.09. The summed E-state index contributed by atoms with van der Waals surface area (Å²) in [6, 6.07) is 11.1. The molecule has 4 aliphatic rings. The van der Waals surface area contributed by atoms with E-state index < -0.39 is 0 Å². The van der Waals surface area contributed by atoms with Crippen molar-refractivity contribution < 1.29 is 0 Å². The molecule has 0 amide bonds. The van der Waals surface area contributed by atoms with Crippen LogP contribution in [0.25, 0.3) is 0 Å². The Morgan fingerprint density at radius 3 is 2.40 bits per heavy atom. The van der Waals surface area contributed by atoms with Crippen molar-refractivity contribution in [3.63, 3.8) is 0 Å². The number of nitrogens with zero attached hydrogens (tertiary/aromatic N) is 4. The van der Waals surface area contributed by atoms with Crippen LogP contribution in [0, 0.1) is 5.92 Å². The van der Waals surface area contributed by atoms with Gasteiger partial charge in [-0.05, 0) is 43.0 Å². The molecule has 3 saturated heterocycles. The molecular weight excluding hydrogens is 312 g/mol. The van der Waals surface area contributed by atoms with Crippen molar-refractivity contribution in [2.45, 2.75) is 32.0 Å². The van der Waals surface area contributed by atoms with E-state index in [1.54, 1.807) is 0 Å². The number of nitrogen functional groups attached to an aromatic ring is 1. The number of nitrogens with one attached hydrogen (secondary N) is 1. The summed E-state index contributed by atoms with van der Waals surface area (Å²) in [5.41, 5.74) is 8.75. The highest BCUT2D eigenvalue weighted by Crippen LogP contribution is 2.31. The summed E-state index contributed by atoms with van der Waals surface area (Å²) in [7, 11) is 0. The molecule has 3 N–H and O–H groups in total. The molecule has 25 heavy (non-hydrogen) atoms. The second kappa shape index (κ2) is 5.88. The average molecular weight is 336 g/mol. The SMILES string of the molecule is Nc1nc(NC2CN3CCC2CC3)cc(N2Cc3ccccc3C2)n1. The highest BCUT2D eigenvalue weighted by Gasteiger charge is 2.34. The largest absolute Gasteiger partial charge is 0.368 e. The maximum Gasteiger partial charge on any atom is 0.223 e. The molecule has 130 valence electrons. The third-order valence-corrected chi connectivity index (χ3v) is 5.88. The van der Waals surface area contributed by atoms with E-state index in [2.05, 4.69) is 55.4 Å². The zero-order valence-corrected chi connectivity index (χ0v) is 14.4. The first-order valence-electron chi connectivity index (χ1n) is 9.20. The molecule has 2 aromatic rings. The number of piperidine rings is 3. The quantitative estimate of drug-likeness (QED) is 0.894. The van der Waals surface area contributed by atoms with Gasteiger partial charge in [0.25, 0.3) is 0 Å². The lowest BCUT2D eigenvalue weighted by Gasteiger charge is -2.45. The number of anilines is 3. The van der Waals surface area contributed by atoms with Crippen LogP contribution >= 0.6 is 0 Å². The highest BCUT2D eigenvalue weighted by atomic mass is 15.2. The lowest BCUT2D eigenvalue weighted by atomic mass is 9.84. The molecule has 6 rings (SSSR count). The number of hydrogen-bond donors (Lipinski definition) is 2. The van der Waals surface area contributed by atoms with Gasteiger partial charge in [-0.1, -0.05) is 24.3 Å². The maximum atomic E-state index is 6.01. The second-order valence-electron chi connectivity index (χ2n) is 7.48. The summed E-state index contributed by atoms with van der Waals surface area (Å²) in [5.74, 6) is 2.86. The molecule has 0 aliphatic carbocycles. The first-order valence-corrected chi connectivity index (χ1v) is 9.20. The fraction of sp³-hybridized carbons (Fsp3) is 0.474. The lowest BCUT2D eigenvalue weighted by molar-refractivity contribution is 0.0974. The van der Waals surface area contributed by atoms with E-state index in [1.165, 1.54) is 37.1 Å². The van der Waals surface area contributed by atoms with Gasteiger partial charge in [-0.3, -0.25) is 0 Å². The Labute approximate surface area is 148 Å². The number of rotatable bonds is 3. The molecule has 4 aliphatic heterocycles. The van der Waals surface area contributed by atoms with Gasteiger partial charge < -0.3 is 20.9 Å². The van der Waals surface area contributed by atoms with Crippen LogP contribution in [-0.4, -0.2) is 40.5 Å². The highest BCUT2D eigenvalue weighted by molar-refractivity contribution is 5.55. The molecule has 1 atom stereocenters. The van der Waals surface area contributed by atoms with E-state index in [4.69, 9.17) is 5.73 Å². The smallest absolute Gasteiger partial charge is 0.223 e. The van der Waals surface area contributed by atoms with Crippen molar-refractivity contribution in [3.05, 3.63) is 41.5 Å². The molecule has 6 heteroatoms. The summed E-state index contributed by atoms with van der Waals surface area (Å²) in [6.45, 7) is 5.36. The molecular formula is C19H24N6. The fourth-order valence-electron chi connectivity index (χ4n) is 4.50. The van der Waals surface area contributed by atoms with Crippen molar-refractivity contribution >= 4 is 17.6 Å². The summed E-state index contributed by atoms with van der Waals surface area (Å²) >= 11 is 0. The Hall–Kier alpha value is -2.34. The van der Waals surface area contributed by atoms with Crippen LogP contribution in [-0.2, 0) is 13.1 Å². The fourth-order valence-corrected chi connectivity index (χ4v) is 4.50. The van der Waals surface area contributed by atoms with E-state index in [9.17, 15) is 0 Å². The third-order valence-electron chi connectivity index (χ3n) is 5.88. The number of benzene rings is 1. The van der Waals surface area contributed by atoms with Crippen molar-refractivity contribution in [3.8, 4) is 0 Å². The predicted molar refractivity (Wildman–Crippen MR) is 99.3 cm³/mol. The molecule has 2 bridgehead atoms. The zero-order valence-electron chi connectivity index (χ0n) is 14.4. The van der Waals surface area contributed by atoms with E-state index in [0.29, 0.717) is 12.0 Å². The first-order chi connectivity index (χ1) is 12.2. The summed E-state index contributed by atoms with van der Waals surface area (Å²) in [4.78, 5) is 13.7. The normalized spacial score (nSPS) is 27.4. The molecule has 1 aromatic carbocycles. The van der Waals surface area contributed by atoms with Crippen LogP contribution in [0.15, 0.2) is 30.3 Å². The minimum absolute atomic E-state index is 0.345. The van der Waals surface area contributed by atoms with Crippen LogP contribution in [0.5, 0.6) is 0 Å². The van der Waals surface area contributed by atoms with E-state index >= 15 is 0 Å². The summed E-state index contributed by atoms with van der Waals surface area (Å²) in [5, 5.41) is 3.64. The minimum Gasteiger partial charge on any atom is -0.368 e. The Morgan fingerprint density at radius 1 is 1.04 bits per heavy atom. The van der Waals surface area contributed by atoms with Gasteiger partial charge in [0.15, 0.2) is 0 Å². The standard InChI is InChI=1S/C19H24N6/c20-19-22-17(21-16-12-24-7-5-13(16)6-8-24)9-18(23-19)25-10-14-3-1-2-4-15(14)11-25/h1-4,9,13,16H,5-8,10-12H2,(H3,20,21,22,23). The van der Waals surface area contributed by atoms with Crippen molar-refractivity contribution in [1.29, 1.82) is 0 Å². The zero-order chi connectivity index (χ0) is 16.8. The van der Waals surface area contributed by atoms with Crippen LogP contribution in [0.3, 0.4) is 0 Å². The van der Waals surface area contributed by atoms with Crippen LogP contribution < -0.4 is 16.0 Å². The minimum atomic E-state index is 0.345. The van der Waals surface area contributed by atoms with Gasteiger partial charge >= 0.3 is 0 Å². The number of fused-ring (bicyclic) bond motifs is 4. The van der Waals surface area contributed by atoms with Crippen LogP contribution in [0.4, 0.5) is 17.6 Å². The Kier molecular flexibility index (Phi) is 3.52. The van der Waals surface area contributed by atoms with Gasteiger partial charge in [0.05, 0.1) is 0 Å². The topological polar surface area (TPSA) is 70.3 Å². The number of hydrogen-bond acceptors (Lipinski definition) is 6. The van der Waals surface area contributed by atoms with Gasteiger partial charge in [0.1, 0.15) is 11.6 Å². The van der Waals surface area contributed by atoms with Crippen molar-refractivity contribution in [2.75, 3.05) is 35.6 Å². The van der Waals surface area contributed by atoms with Gasteiger partial charge in [-0.15, -0.1) is 0 Å². The molecule has 0 radical (unpaired) electrons. The molecule has 1 aromatic heterocycles. The molecule has 0 spiro atoms. The van der Waals surface area contributed by atoms with Crippen molar-refractivity contribution in [2.24, 2.45) is 5.92 Å². The second-order valence-corrected chi connectivity index (χ2v) is 7.48. The van der Waals surface area contributed by atoms with Crippen LogP contribution in [0.1, 0.15) is 24.0 Å². The third kappa shape index (κ3) is 2.80. The monoisotopic (exact) mass is 336 g/mol. The van der Waals surface area contributed by atoms with Gasteiger partial charge in [0, 0.05) is 31.7 Å². The number of aromatic nitrogens is 2. The number of nitrogens with two attached hydrogens (primary N) is 1. The van der Waals surface area contributed by atoms with Gasteiger partial charge in [-0.2, -0.15) is 9.97 Å². The molecule has 3 fully saturated rings. The van der Waals surface area contributed by atoms with E-state index in [-0.39, 0.29) is 0 Å². The van der Waals surface area contributed by atoms with Crippen molar-refractivity contribution in [1.82, 2.24) is 14.9 Å². The van der Waals surface area contributed by atoms with Gasteiger partial charge in [0.2, 0.25) is 5.95 Å². The summed E-state index contributed by atoms with van der Waals surface area (Å²) in [6.07, 6.45) is 2.57. The van der Waals surface area contributed by atoms with Crippen LogP contribution in [0.2, 0.25) is 0 Å². The van der Waals surface area contributed by atoms with Gasteiger partial charge in [-0.25, -0.2) is 0 Å². The molecule has 1 unspecified atom stereocenters.